The van der Waals surface area contributed by atoms with Crippen molar-refractivity contribution in [3.05, 3.63) is 0 Å². The van der Waals surface area contributed by atoms with Gasteiger partial charge in [-0.05, 0) is 49.9 Å². The minimum absolute atomic E-state index is 0.381. The first-order valence-corrected chi connectivity index (χ1v) is 6.03. The zero-order valence-electron chi connectivity index (χ0n) is 10.3. The first kappa shape index (κ1) is 10.5. The molecule has 0 aromatic carbocycles. The molecule has 0 aromatic heterocycles. The summed E-state index contributed by atoms with van der Waals surface area (Å²) in [5.74, 6) is 0.899. The highest BCUT2D eigenvalue weighted by Crippen LogP contribution is 2.66. The van der Waals surface area contributed by atoms with E-state index in [4.69, 9.17) is 4.74 Å². The fourth-order valence-electron chi connectivity index (χ4n) is 3.66. The molecule has 3 atom stereocenters. The zero-order valence-corrected chi connectivity index (χ0v) is 10.3. The van der Waals surface area contributed by atoms with Crippen LogP contribution in [0.5, 0.6) is 0 Å². The van der Waals surface area contributed by atoms with E-state index in [-0.39, 0.29) is 0 Å². The Labute approximate surface area is 88.2 Å². The molecular weight excluding hydrogens is 172 g/mol. The Balaban J connectivity index is 2.19. The van der Waals surface area contributed by atoms with Crippen LogP contribution in [0.3, 0.4) is 0 Å². The van der Waals surface area contributed by atoms with Gasteiger partial charge in [0.1, 0.15) is 0 Å². The Kier molecular flexibility index (Phi) is 2.23. The maximum absolute atomic E-state index is 6.08. The van der Waals surface area contributed by atoms with E-state index >= 15 is 0 Å². The van der Waals surface area contributed by atoms with Crippen molar-refractivity contribution in [2.45, 2.75) is 66.1 Å². The largest absolute Gasteiger partial charge is 0.375 e. The van der Waals surface area contributed by atoms with Crippen LogP contribution < -0.4 is 0 Å². The topological polar surface area (TPSA) is 9.23 Å². The van der Waals surface area contributed by atoms with Crippen molar-refractivity contribution in [3.8, 4) is 0 Å². The molecule has 0 amide bonds. The summed E-state index contributed by atoms with van der Waals surface area (Å²) < 4.78 is 6.08. The molecule has 3 unspecified atom stereocenters. The van der Waals surface area contributed by atoms with Crippen molar-refractivity contribution in [1.29, 1.82) is 0 Å². The Morgan fingerprint density at radius 1 is 1.21 bits per heavy atom. The van der Waals surface area contributed by atoms with Crippen LogP contribution in [0, 0.1) is 16.7 Å². The lowest BCUT2D eigenvalue weighted by Crippen LogP contribution is -2.38. The molecule has 2 aliphatic rings. The standard InChI is InChI=1S/C13H24O/c1-9(2)14-11-8-10-6-7-13(11,5)12(10,3)4/h9-11H,6-8H2,1-5H3. The van der Waals surface area contributed by atoms with Gasteiger partial charge in [0.2, 0.25) is 0 Å². The Morgan fingerprint density at radius 2 is 1.86 bits per heavy atom. The first-order valence-electron chi connectivity index (χ1n) is 6.03. The maximum Gasteiger partial charge on any atom is 0.0640 e. The Bertz CT molecular complexity index is 231. The third-order valence-corrected chi connectivity index (χ3v) is 5.15. The van der Waals surface area contributed by atoms with Crippen LogP contribution >= 0.6 is 0 Å². The molecule has 2 rings (SSSR count). The van der Waals surface area contributed by atoms with E-state index in [1.54, 1.807) is 0 Å². The van der Waals surface area contributed by atoms with E-state index in [0.717, 1.165) is 5.92 Å². The molecule has 0 N–H and O–H groups in total. The van der Waals surface area contributed by atoms with Crippen LogP contribution in [0.15, 0.2) is 0 Å². The van der Waals surface area contributed by atoms with Crippen molar-refractivity contribution in [2.75, 3.05) is 0 Å². The van der Waals surface area contributed by atoms with Gasteiger partial charge in [0.25, 0.3) is 0 Å². The van der Waals surface area contributed by atoms with Crippen LogP contribution in [0.4, 0.5) is 0 Å². The van der Waals surface area contributed by atoms with Gasteiger partial charge in [-0.1, -0.05) is 20.8 Å². The quantitative estimate of drug-likeness (QED) is 0.655. The Hall–Kier alpha value is -0.0400. The lowest BCUT2D eigenvalue weighted by molar-refractivity contribution is -0.0740. The number of hydrogen-bond donors (Lipinski definition) is 0. The van der Waals surface area contributed by atoms with Gasteiger partial charge in [-0.2, -0.15) is 0 Å². The molecule has 2 bridgehead atoms. The van der Waals surface area contributed by atoms with Gasteiger partial charge < -0.3 is 4.74 Å². The van der Waals surface area contributed by atoms with Crippen LogP contribution in [0.2, 0.25) is 0 Å². The van der Waals surface area contributed by atoms with Gasteiger partial charge in [0, 0.05) is 0 Å². The fraction of sp³-hybridized carbons (Fsp3) is 1.00. The van der Waals surface area contributed by atoms with Crippen molar-refractivity contribution < 1.29 is 4.74 Å². The third-order valence-electron chi connectivity index (χ3n) is 5.15. The maximum atomic E-state index is 6.08. The minimum Gasteiger partial charge on any atom is -0.375 e. The second-order valence-electron chi connectivity index (χ2n) is 6.28. The summed E-state index contributed by atoms with van der Waals surface area (Å²) in [6.45, 7) is 11.6. The molecule has 2 saturated carbocycles. The van der Waals surface area contributed by atoms with Crippen LogP contribution in [0.25, 0.3) is 0 Å². The lowest BCUT2D eigenvalue weighted by atomic mass is 9.70. The molecule has 82 valence electrons. The van der Waals surface area contributed by atoms with E-state index in [1.165, 1.54) is 19.3 Å². The second kappa shape index (κ2) is 2.98. The van der Waals surface area contributed by atoms with Crippen molar-refractivity contribution >= 4 is 0 Å². The monoisotopic (exact) mass is 196 g/mol. The highest BCUT2D eigenvalue weighted by molar-refractivity contribution is 5.11. The van der Waals surface area contributed by atoms with Gasteiger partial charge >= 0.3 is 0 Å². The molecule has 0 saturated heterocycles. The summed E-state index contributed by atoms with van der Waals surface area (Å²) in [4.78, 5) is 0. The molecule has 0 radical (unpaired) electrons. The van der Waals surface area contributed by atoms with Gasteiger partial charge in [0.05, 0.1) is 12.2 Å². The predicted octanol–water partition coefficient (Wildman–Crippen LogP) is 3.63. The smallest absolute Gasteiger partial charge is 0.0640 e. The van der Waals surface area contributed by atoms with Crippen molar-refractivity contribution in [1.82, 2.24) is 0 Å². The molecule has 0 aliphatic heterocycles. The summed E-state index contributed by atoms with van der Waals surface area (Å²) >= 11 is 0. The number of ether oxygens (including phenoxy) is 1. The second-order valence-corrected chi connectivity index (χ2v) is 6.28. The number of rotatable bonds is 2. The summed E-state index contributed by atoms with van der Waals surface area (Å²) in [5, 5.41) is 0. The van der Waals surface area contributed by atoms with Gasteiger partial charge in [0.15, 0.2) is 0 Å². The minimum atomic E-state index is 0.381. The Morgan fingerprint density at radius 3 is 2.21 bits per heavy atom. The summed E-state index contributed by atoms with van der Waals surface area (Å²) in [6.07, 6.45) is 4.97. The van der Waals surface area contributed by atoms with Crippen LogP contribution in [0.1, 0.15) is 53.9 Å². The molecule has 0 heterocycles. The van der Waals surface area contributed by atoms with Gasteiger partial charge in [-0.25, -0.2) is 0 Å². The van der Waals surface area contributed by atoms with E-state index < -0.39 is 0 Å². The SMILES string of the molecule is CC(C)OC1CC2CCC1(C)C2(C)C. The highest BCUT2D eigenvalue weighted by atomic mass is 16.5. The number of fused-ring (bicyclic) bond motifs is 2. The normalized spacial score (nSPS) is 45.0. The van der Waals surface area contributed by atoms with Crippen LogP contribution in [-0.4, -0.2) is 12.2 Å². The molecule has 0 aromatic rings. The summed E-state index contributed by atoms with van der Waals surface area (Å²) in [7, 11) is 0. The first-order chi connectivity index (χ1) is 6.38. The molecule has 1 nitrogen and oxygen atoms in total. The summed E-state index contributed by atoms with van der Waals surface area (Å²) in [5.41, 5.74) is 0.925. The van der Waals surface area contributed by atoms with E-state index in [9.17, 15) is 0 Å². The molecular formula is C13H24O. The third kappa shape index (κ3) is 1.18. The molecule has 2 fully saturated rings. The number of hydrogen-bond acceptors (Lipinski definition) is 1. The molecule has 14 heavy (non-hydrogen) atoms. The molecule has 0 spiro atoms. The van der Waals surface area contributed by atoms with Crippen molar-refractivity contribution in [3.63, 3.8) is 0 Å². The summed E-state index contributed by atoms with van der Waals surface area (Å²) in [6, 6.07) is 0. The average Bonchev–Trinajstić information content (AvgIpc) is 2.35. The zero-order chi connectivity index (χ0) is 10.6. The van der Waals surface area contributed by atoms with Gasteiger partial charge in [-0.15, -0.1) is 0 Å². The molecule has 1 heteroatoms. The van der Waals surface area contributed by atoms with Crippen molar-refractivity contribution in [2.24, 2.45) is 16.7 Å². The average molecular weight is 196 g/mol. The van der Waals surface area contributed by atoms with E-state index in [2.05, 4.69) is 34.6 Å². The van der Waals surface area contributed by atoms with Gasteiger partial charge in [-0.3, -0.25) is 0 Å². The van der Waals surface area contributed by atoms with Crippen LogP contribution in [-0.2, 0) is 4.74 Å². The predicted molar refractivity (Wildman–Crippen MR) is 59.2 cm³/mol. The fourth-order valence-corrected chi connectivity index (χ4v) is 3.66. The van der Waals surface area contributed by atoms with E-state index in [1.807, 2.05) is 0 Å². The molecule has 2 aliphatic carbocycles. The lowest BCUT2D eigenvalue weighted by Gasteiger charge is -2.39. The van der Waals surface area contributed by atoms with E-state index in [0.29, 0.717) is 23.0 Å². The highest BCUT2D eigenvalue weighted by Gasteiger charge is 2.61.